The van der Waals surface area contributed by atoms with Crippen molar-refractivity contribution in [2.45, 2.75) is 26.2 Å². The van der Waals surface area contributed by atoms with E-state index in [9.17, 15) is 0 Å². The van der Waals surface area contributed by atoms with Gasteiger partial charge in [-0.05, 0) is 45.3 Å². The van der Waals surface area contributed by atoms with Gasteiger partial charge >= 0.3 is 0 Å². The molecule has 2 aliphatic rings. The molecule has 1 saturated heterocycles. The monoisotopic (exact) mass is 384 g/mol. The Morgan fingerprint density at radius 3 is 2.79 bits per heavy atom. The quantitative estimate of drug-likeness (QED) is 0.672. The minimum atomic E-state index is 0.218. The zero-order valence-electron chi connectivity index (χ0n) is 16.6. The van der Waals surface area contributed by atoms with Crippen LogP contribution in [0.15, 0.2) is 24.3 Å². The van der Waals surface area contributed by atoms with Crippen LogP contribution in [0.4, 0.5) is 17.2 Å². The number of rotatable bonds is 8. The van der Waals surface area contributed by atoms with Crippen LogP contribution in [0.2, 0.25) is 0 Å². The largest absolute Gasteiger partial charge is 0.489 e. The van der Waals surface area contributed by atoms with E-state index in [0.717, 1.165) is 35.9 Å². The lowest BCUT2D eigenvalue weighted by molar-refractivity contribution is 0.169. The molecule has 1 aromatic heterocycles. The number of aryl methyl sites for hydroxylation is 1. The van der Waals surface area contributed by atoms with Gasteiger partial charge in [0, 0.05) is 48.9 Å². The summed E-state index contributed by atoms with van der Waals surface area (Å²) in [5.41, 5.74) is 2.81. The van der Waals surface area contributed by atoms with Gasteiger partial charge in [-0.25, -0.2) is 4.98 Å². The Morgan fingerprint density at radius 1 is 1.11 bits per heavy atom. The number of ether oxygens (including phenoxy) is 3. The zero-order chi connectivity index (χ0) is 19.3. The van der Waals surface area contributed by atoms with Crippen molar-refractivity contribution >= 4 is 17.2 Å². The zero-order valence-corrected chi connectivity index (χ0v) is 16.6. The highest BCUT2D eigenvalue weighted by Crippen LogP contribution is 2.44. The lowest BCUT2D eigenvalue weighted by Crippen LogP contribution is -2.21. The summed E-state index contributed by atoms with van der Waals surface area (Å²) in [5, 5.41) is 6.50. The highest BCUT2D eigenvalue weighted by Gasteiger charge is 2.21. The smallest absolute Gasteiger partial charge is 0.231 e. The highest BCUT2D eigenvalue weighted by molar-refractivity contribution is 5.68. The molecule has 28 heavy (non-hydrogen) atoms. The SMILES string of the molecule is CNc1cc(C)nc(Nc2cc(OCCCN3CCCC3)c3c(c2)OCO3)c1. The lowest BCUT2D eigenvalue weighted by atomic mass is 10.2. The molecule has 0 bridgehead atoms. The molecule has 150 valence electrons. The van der Waals surface area contributed by atoms with Crippen LogP contribution in [-0.4, -0.2) is 50.0 Å². The van der Waals surface area contributed by atoms with Crippen LogP contribution < -0.4 is 24.8 Å². The van der Waals surface area contributed by atoms with Crippen molar-refractivity contribution < 1.29 is 14.2 Å². The fourth-order valence-electron chi connectivity index (χ4n) is 3.66. The average Bonchev–Trinajstić information content (AvgIpc) is 3.36. The predicted octanol–water partition coefficient (Wildman–Crippen LogP) is 3.77. The molecule has 3 heterocycles. The molecule has 0 radical (unpaired) electrons. The summed E-state index contributed by atoms with van der Waals surface area (Å²) in [6.45, 7) is 6.35. The van der Waals surface area contributed by atoms with E-state index in [2.05, 4.69) is 20.5 Å². The molecule has 2 N–H and O–H groups in total. The van der Waals surface area contributed by atoms with Gasteiger partial charge in [-0.2, -0.15) is 0 Å². The summed E-state index contributed by atoms with van der Waals surface area (Å²) in [6, 6.07) is 7.84. The van der Waals surface area contributed by atoms with Crippen molar-refractivity contribution in [3.8, 4) is 17.2 Å². The van der Waals surface area contributed by atoms with Crippen LogP contribution in [0.3, 0.4) is 0 Å². The Balaban J connectivity index is 1.45. The molecule has 1 aromatic carbocycles. The second-order valence-corrected chi connectivity index (χ2v) is 7.22. The Bertz CT molecular complexity index is 822. The Hall–Kier alpha value is -2.67. The predicted molar refractivity (Wildman–Crippen MR) is 110 cm³/mol. The van der Waals surface area contributed by atoms with Gasteiger partial charge in [-0.1, -0.05) is 0 Å². The first-order valence-electron chi connectivity index (χ1n) is 9.93. The molecule has 4 rings (SSSR count). The molecule has 0 atom stereocenters. The molecule has 0 saturated carbocycles. The van der Waals surface area contributed by atoms with E-state index in [-0.39, 0.29) is 6.79 Å². The van der Waals surface area contributed by atoms with Gasteiger partial charge in [0.25, 0.3) is 0 Å². The summed E-state index contributed by atoms with van der Waals surface area (Å²) < 4.78 is 17.3. The molecular weight excluding hydrogens is 356 g/mol. The Morgan fingerprint density at radius 2 is 1.96 bits per heavy atom. The molecule has 0 unspecified atom stereocenters. The van der Waals surface area contributed by atoms with Crippen molar-refractivity contribution in [1.82, 2.24) is 9.88 Å². The number of hydrogen-bond donors (Lipinski definition) is 2. The fraction of sp³-hybridized carbons (Fsp3) is 0.476. The van der Waals surface area contributed by atoms with Gasteiger partial charge in [0.1, 0.15) is 5.82 Å². The highest BCUT2D eigenvalue weighted by atomic mass is 16.7. The lowest BCUT2D eigenvalue weighted by Gasteiger charge is -2.16. The molecule has 2 aliphatic heterocycles. The second kappa shape index (κ2) is 8.56. The first-order chi connectivity index (χ1) is 13.7. The van der Waals surface area contributed by atoms with Gasteiger partial charge in [0.05, 0.1) is 6.61 Å². The minimum absolute atomic E-state index is 0.218. The maximum Gasteiger partial charge on any atom is 0.231 e. The van der Waals surface area contributed by atoms with Crippen LogP contribution in [0, 0.1) is 6.92 Å². The summed E-state index contributed by atoms with van der Waals surface area (Å²) in [4.78, 5) is 7.04. The molecular formula is C21H28N4O3. The first-order valence-corrected chi connectivity index (χ1v) is 9.93. The van der Waals surface area contributed by atoms with Gasteiger partial charge in [-0.3, -0.25) is 0 Å². The molecule has 2 aromatic rings. The number of likely N-dealkylation sites (tertiary alicyclic amines) is 1. The van der Waals surface area contributed by atoms with Crippen LogP contribution in [-0.2, 0) is 0 Å². The van der Waals surface area contributed by atoms with Crippen molar-refractivity contribution in [2.75, 3.05) is 50.7 Å². The van der Waals surface area contributed by atoms with Crippen molar-refractivity contribution in [3.05, 3.63) is 30.0 Å². The number of nitrogens with zero attached hydrogens (tertiary/aromatic N) is 2. The molecule has 1 fully saturated rings. The number of nitrogens with one attached hydrogen (secondary N) is 2. The number of anilines is 3. The number of aromatic nitrogens is 1. The summed E-state index contributed by atoms with van der Waals surface area (Å²) in [7, 11) is 1.90. The van der Waals surface area contributed by atoms with Crippen molar-refractivity contribution in [2.24, 2.45) is 0 Å². The summed E-state index contributed by atoms with van der Waals surface area (Å²) >= 11 is 0. The van der Waals surface area contributed by atoms with E-state index in [4.69, 9.17) is 14.2 Å². The molecule has 7 nitrogen and oxygen atoms in total. The third kappa shape index (κ3) is 4.42. The van der Waals surface area contributed by atoms with Crippen LogP contribution in [0.1, 0.15) is 25.0 Å². The second-order valence-electron chi connectivity index (χ2n) is 7.22. The topological polar surface area (TPSA) is 67.9 Å². The third-order valence-corrected chi connectivity index (χ3v) is 5.03. The maximum absolute atomic E-state index is 6.05. The van der Waals surface area contributed by atoms with Gasteiger partial charge in [-0.15, -0.1) is 0 Å². The van der Waals surface area contributed by atoms with Crippen LogP contribution in [0.25, 0.3) is 0 Å². The standard InChI is InChI=1S/C21H28N4O3/c1-15-10-16(22-2)13-20(23-15)24-17-11-18(21-19(12-17)27-14-28-21)26-9-5-8-25-6-3-4-7-25/h10-13H,3-9,14H2,1-2H3,(H2,22,23,24). The van der Waals surface area contributed by atoms with Crippen LogP contribution in [0.5, 0.6) is 17.2 Å². The maximum atomic E-state index is 6.05. The van der Waals surface area contributed by atoms with E-state index in [1.807, 2.05) is 38.2 Å². The van der Waals surface area contributed by atoms with Gasteiger partial charge in [0.2, 0.25) is 12.5 Å². The third-order valence-electron chi connectivity index (χ3n) is 5.03. The normalized spacial score (nSPS) is 15.6. The molecule has 0 spiro atoms. The first kappa shape index (κ1) is 18.7. The van der Waals surface area contributed by atoms with E-state index >= 15 is 0 Å². The van der Waals surface area contributed by atoms with E-state index in [1.54, 1.807) is 0 Å². The molecule has 0 aliphatic carbocycles. The fourth-order valence-corrected chi connectivity index (χ4v) is 3.66. The number of fused-ring (bicyclic) bond motifs is 1. The summed E-state index contributed by atoms with van der Waals surface area (Å²) in [5.74, 6) is 2.85. The number of hydrogen-bond acceptors (Lipinski definition) is 7. The average molecular weight is 384 g/mol. The minimum Gasteiger partial charge on any atom is -0.489 e. The number of benzene rings is 1. The van der Waals surface area contributed by atoms with E-state index in [0.29, 0.717) is 23.9 Å². The van der Waals surface area contributed by atoms with Crippen molar-refractivity contribution in [1.29, 1.82) is 0 Å². The number of pyridine rings is 1. The Kier molecular flexibility index (Phi) is 5.71. The van der Waals surface area contributed by atoms with Gasteiger partial charge in [0.15, 0.2) is 11.5 Å². The molecule has 7 heteroatoms. The van der Waals surface area contributed by atoms with Crippen molar-refractivity contribution in [3.63, 3.8) is 0 Å². The van der Waals surface area contributed by atoms with E-state index < -0.39 is 0 Å². The van der Waals surface area contributed by atoms with Crippen LogP contribution >= 0.6 is 0 Å². The molecule has 0 amide bonds. The summed E-state index contributed by atoms with van der Waals surface area (Å²) in [6.07, 6.45) is 3.63. The van der Waals surface area contributed by atoms with Gasteiger partial charge < -0.3 is 29.7 Å². The van der Waals surface area contributed by atoms with E-state index in [1.165, 1.54) is 25.9 Å². The Labute approximate surface area is 166 Å².